The van der Waals surface area contributed by atoms with E-state index in [-0.39, 0.29) is 11.2 Å². The predicted molar refractivity (Wildman–Crippen MR) is 76.7 cm³/mol. The summed E-state index contributed by atoms with van der Waals surface area (Å²) in [5.74, 6) is 2.51. The highest BCUT2D eigenvalue weighted by molar-refractivity contribution is 5.68. The van der Waals surface area contributed by atoms with E-state index in [2.05, 4.69) is 19.8 Å². The van der Waals surface area contributed by atoms with Crippen molar-refractivity contribution in [2.24, 2.45) is 28.8 Å². The molecule has 0 aromatic carbocycles. The average Bonchev–Trinajstić information content (AvgIpc) is 3.03. The SMILES string of the molecule is NOC(N)(N)[C@@]1(N)O[C@@H](n2cnc3c(=O)[nH]cnc32)[C@H](O)[C@]1(N)O. The second kappa shape index (κ2) is 4.99. The van der Waals surface area contributed by atoms with Crippen LogP contribution in [0.2, 0.25) is 0 Å². The molecule has 0 saturated carbocycles. The molecule has 0 bridgehead atoms. The zero-order chi connectivity index (χ0) is 17.9. The number of rotatable bonds is 3. The molecule has 0 radical (unpaired) electrons. The molecule has 2 aromatic rings. The summed E-state index contributed by atoms with van der Waals surface area (Å²) < 4.78 is 6.53. The lowest BCUT2D eigenvalue weighted by Crippen LogP contribution is -2.84. The first-order chi connectivity index (χ1) is 11.1. The van der Waals surface area contributed by atoms with Crippen molar-refractivity contribution in [3.05, 3.63) is 23.0 Å². The summed E-state index contributed by atoms with van der Waals surface area (Å²) in [4.78, 5) is 26.2. The number of hydrogen-bond donors (Lipinski definition) is 8. The lowest BCUT2D eigenvalue weighted by molar-refractivity contribution is -0.256. The summed E-state index contributed by atoms with van der Waals surface area (Å²) in [6.45, 7) is 0. The van der Waals surface area contributed by atoms with Crippen LogP contribution >= 0.6 is 0 Å². The van der Waals surface area contributed by atoms with Gasteiger partial charge >= 0.3 is 0 Å². The van der Waals surface area contributed by atoms with Crippen molar-refractivity contribution in [3.63, 3.8) is 0 Å². The van der Waals surface area contributed by atoms with Crippen LogP contribution in [0.5, 0.6) is 0 Å². The minimum absolute atomic E-state index is 0.0368. The molecule has 14 heteroatoms. The van der Waals surface area contributed by atoms with Crippen LogP contribution in [0.15, 0.2) is 17.4 Å². The number of nitrogens with one attached hydrogen (secondary N) is 1. The zero-order valence-electron chi connectivity index (χ0n) is 12.2. The second-order valence-corrected chi connectivity index (χ2v) is 5.48. The first-order valence-electron chi connectivity index (χ1n) is 6.58. The molecule has 1 aliphatic heterocycles. The lowest BCUT2D eigenvalue weighted by Gasteiger charge is -2.43. The van der Waals surface area contributed by atoms with Gasteiger partial charge in [0, 0.05) is 0 Å². The molecule has 0 spiro atoms. The van der Waals surface area contributed by atoms with Gasteiger partial charge in [-0.1, -0.05) is 0 Å². The Hall–Kier alpha value is -2.01. The van der Waals surface area contributed by atoms with Crippen LogP contribution < -0.4 is 34.4 Å². The third kappa shape index (κ3) is 1.94. The first kappa shape index (κ1) is 16.8. The van der Waals surface area contributed by atoms with Crippen LogP contribution in [0.25, 0.3) is 11.2 Å². The Bertz CT molecular complexity index is 831. The van der Waals surface area contributed by atoms with Gasteiger partial charge in [-0.05, 0) is 0 Å². The van der Waals surface area contributed by atoms with Gasteiger partial charge in [0.1, 0.15) is 6.10 Å². The van der Waals surface area contributed by atoms with E-state index in [1.807, 2.05) is 0 Å². The molecule has 1 fully saturated rings. The van der Waals surface area contributed by atoms with Crippen molar-refractivity contribution in [3.8, 4) is 0 Å². The molecule has 24 heavy (non-hydrogen) atoms. The van der Waals surface area contributed by atoms with Crippen LogP contribution in [0.1, 0.15) is 6.23 Å². The highest BCUT2D eigenvalue weighted by Gasteiger charge is 2.70. The van der Waals surface area contributed by atoms with Gasteiger partial charge in [-0.2, -0.15) is 0 Å². The van der Waals surface area contributed by atoms with Crippen LogP contribution in [0.3, 0.4) is 0 Å². The van der Waals surface area contributed by atoms with Crippen LogP contribution in [-0.4, -0.2) is 53.1 Å². The second-order valence-electron chi connectivity index (χ2n) is 5.48. The van der Waals surface area contributed by atoms with E-state index < -0.39 is 35.2 Å². The number of fused-ring (bicyclic) bond motifs is 1. The van der Waals surface area contributed by atoms with Gasteiger partial charge in [0.05, 0.1) is 12.7 Å². The average molecular weight is 343 g/mol. The van der Waals surface area contributed by atoms with E-state index in [1.54, 1.807) is 0 Å². The maximum atomic E-state index is 11.7. The highest BCUT2D eigenvalue weighted by atomic mass is 16.7. The summed E-state index contributed by atoms with van der Waals surface area (Å²) in [5, 5.41) is 20.8. The molecule has 3 heterocycles. The minimum atomic E-state index is -2.67. The van der Waals surface area contributed by atoms with Crippen molar-refractivity contribution in [2.45, 2.75) is 29.6 Å². The van der Waals surface area contributed by atoms with Crippen molar-refractivity contribution in [1.29, 1.82) is 0 Å². The topological polar surface area (TPSA) is 253 Å². The van der Waals surface area contributed by atoms with Gasteiger partial charge in [-0.3, -0.25) is 37.1 Å². The summed E-state index contributed by atoms with van der Waals surface area (Å²) in [6.07, 6.45) is -1.03. The van der Waals surface area contributed by atoms with E-state index in [4.69, 9.17) is 33.6 Å². The maximum Gasteiger partial charge on any atom is 0.278 e. The number of hydrogen-bond acceptors (Lipinski definition) is 12. The summed E-state index contributed by atoms with van der Waals surface area (Å²) in [7, 11) is 0. The van der Waals surface area contributed by atoms with Crippen molar-refractivity contribution in [1.82, 2.24) is 19.5 Å². The fourth-order valence-corrected chi connectivity index (χ4v) is 2.54. The molecule has 2 aromatic heterocycles. The molecule has 13 N–H and O–H groups in total. The highest BCUT2D eigenvalue weighted by Crippen LogP contribution is 2.42. The summed E-state index contributed by atoms with van der Waals surface area (Å²) in [6, 6.07) is 0. The number of aromatic nitrogens is 4. The molecule has 132 valence electrons. The van der Waals surface area contributed by atoms with Gasteiger partial charge < -0.3 is 19.9 Å². The molecule has 3 rings (SSSR count). The van der Waals surface area contributed by atoms with Crippen molar-refractivity contribution >= 4 is 11.2 Å². The number of aliphatic hydroxyl groups excluding tert-OH is 1. The first-order valence-corrected chi connectivity index (χ1v) is 6.58. The molecule has 1 aliphatic rings. The number of nitrogens with two attached hydrogens (primary N) is 5. The number of imidazole rings is 1. The maximum absolute atomic E-state index is 11.7. The Morgan fingerprint density at radius 3 is 2.71 bits per heavy atom. The van der Waals surface area contributed by atoms with E-state index in [0.29, 0.717) is 0 Å². The molecular weight excluding hydrogens is 326 g/mol. The standard InChI is InChI=1S/C10H17N9O5/c11-8(22)4(20)7(23-9(8,12)10(13,14)24-15)19-2-18-3-5(19)16-1-17-6(3)21/h1-2,4,7,20,22H,11-15H2,(H,16,17,21)/t4-,7+,8-,9-/m0/s1. The van der Waals surface area contributed by atoms with E-state index in [0.717, 1.165) is 17.2 Å². The van der Waals surface area contributed by atoms with Gasteiger partial charge in [0.2, 0.25) is 11.6 Å². The number of aliphatic hydroxyl groups is 2. The largest absolute Gasteiger partial charge is 0.384 e. The molecule has 1 saturated heterocycles. The Morgan fingerprint density at radius 2 is 2.08 bits per heavy atom. The fourth-order valence-electron chi connectivity index (χ4n) is 2.54. The molecule has 4 atom stereocenters. The molecular formula is C10H17N9O5. The van der Waals surface area contributed by atoms with E-state index in [1.165, 1.54) is 0 Å². The Kier molecular flexibility index (Phi) is 3.50. The van der Waals surface area contributed by atoms with Crippen molar-refractivity contribution < 1.29 is 19.8 Å². The summed E-state index contributed by atoms with van der Waals surface area (Å²) >= 11 is 0. The fraction of sp³-hybridized carbons (Fsp3) is 0.500. The number of H-pyrrole nitrogens is 1. The Labute approximate surface area is 133 Å². The number of aromatic amines is 1. The summed E-state index contributed by atoms with van der Waals surface area (Å²) in [5.41, 5.74) is 17.0. The van der Waals surface area contributed by atoms with Gasteiger partial charge in [0.15, 0.2) is 23.1 Å². The van der Waals surface area contributed by atoms with E-state index >= 15 is 0 Å². The molecule has 0 aliphatic carbocycles. The predicted octanol–water partition coefficient (Wildman–Crippen LogP) is -5.23. The quantitative estimate of drug-likeness (QED) is 0.192. The van der Waals surface area contributed by atoms with Gasteiger partial charge in [-0.25, -0.2) is 15.9 Å². The molecule has 0 unspecified atom stereocenters. The zero-order valence-corrected chi connectivity index (χ0v) is 12.2. The number of nitrogens with zero attached hydrogens (tertiary/aromatic N) is 3. The monoisotopic (exact) mass is 343 g/mol. The minimum Gasteiger partial charge on any atom is -0.384 e. The van der Waals surface area contributed by atoms with Crippen LogP contribution in [0.4, 0.5) is 0 Å². The van der Waals surface area contributed by atoms with Crippen molar-refractivity contribution in [2.75, 3.05) is 0 Å². The third-order valence-electron chi connectivity index (χ3n) is 4.04. The van der Waals surface area contributed by atoms with E-state index in [9.17, 15) is 15.0 Å². The normalized spacial score (nSPS) is 34.1. The third-order valence-corrected chi connectivity index (χ3v) is 4.04. The lowest BCUT2D eigenvalue weighted by atomic mass is 9.93. The van der Waals surface area contributed by atoms with Crippen LogP contribution in [0, 0.1) is 0 Å². The molecule has 0 amide bonds. The van der Waals surface area contributed by atoms with Gasteiger partial charge in [0.25, 0.3) is 5.56 Å². The number of ether oxygens (including phenoxy) is 1. The van der Waals surface area contributed by atoms with Gasteiger partial charge in [-0.15, -0.1) is 0 Å². The Morgan fingerprint density at radius 1 is 1.42 bits per heavy atom. The Balaban J connectivity index is 2.13. The van der Waals surface area contributed by atoms with Crippen LogP contribution in [-0.2, 0) is 9.57 Å². The molecule has 14 nitrogen and oxygen atoms in total. The smallest absolute Gasteiger partial charge is 0.278 e.